The van der Waals surface area contributed by atoms with E-state index in [4.69, 9.17) is 0 Å². The summed E-state index contributed by atoms with van der Waals surface area (Å²) in [7, 11) is -4.90. The van der Waals surface area contributed by atoms with E-state index in [-0.39, 0.29) is 18.9 Å². The highest BCUT2D eigenvalue weighted by atomic mass is 31.2. The Hall–Kier alpha value is -3.09. The van der Waals surface area contributed by atoms with Crippen LogP contribution in [0, 0.1) is 0 Å². The van der Waals surface area contributed by atoms with Gasteiger partial charge < -0.3 is 31.2 Å². The molecule has 0 aromatic carbocycles. The van der Waals surface area contributed by atoms with Crippen molar-refractivity contribution in [2.45, 2.75) is 231 Å². The third kappa shape index (κ3) is 47.8. The number of allylic oxidation sites excluding steroid dienone is 23. The molecule has 0 aromatic heterocycles. The zero-order valence-electron chi connectivity index (χ0n) is 46.3. The van der Waals surface area contributed by atoms with Crippen molar-refractivity contribution >= 4 is 7.82 Å². The van der Waals surface area contributed by atoms with Crippen LogP contribution in [0.15, 0.2) is 140 Å². The van der Waals surface area contributed by atoms with Gasteiger partial charge in [0.15, 0.2) is 0 Å². The second-order valence-electron chi connectivity index (χ2n) is 19.5. The van der Waals surface area contributed by atoms with E-state index in [1.54, 1.807) is 6.08 Å². The van der Waals surface area contributed by atoms with Crippen LogP contribution in [0.25, 0.3) is 0 Å². The molecule has 0 fully saturated rings. The van der Waals surface area contributed by atoms with E-state index < -0.39 is 7.82 Å². The monoisotopic (exact) mass is 949 g/mol. The van der Waals surface area contributed by atoms with Crippen LogP contribution in [0.3, 0.4) is 0 Å². The van der Waals surface area contributed by atoms with E-state index in [1.807, 2.05) is 6.92 Å². The second-order valence-corrected chi connectivity index (χ2v) is 20.7. The normalized spacial score (nSPS) is 14.6. The molecule has 0 saturated carbocycles. The number of phosphoric ester groups is 1. The standard InChI is InChI=1S/C60H99O4P.2H3N/c1-49(2)25-14-26-50(3)27-15-28-51(4)29-16-30-52(5)31-17-32-53(6)33-18-34-54(7)35-19-36-55(8)37-20-38-56(9)39-21-40-57(10)41-22-42-58(11)43-23-44-59(12)45-24-46-60(13)47-48-64-65(61,62)63;;/h25,27,29,31,33,35,37,39,41,43,45,47H,14-24,26,28,30,32,34,36,38,40,42,44,46,48H2,1-13H3,(H2,61,62,63);2*1H3/b50-27+,51-29+,52-31+,53-33+,54-35+,55-37+,56-39+,57-41+,58-43+,59-45+,60-47+;;. The first-order chi connectivity index (χ1) is 30.7. The first-order valence-electron chi connectivity index (χ1n) is 25.3. The molecule has 7 heteroatoms. The van der Waals surface area contributed by atoms with Crippen molar-refractivity contribution in [3.63, 3.8) is 0 Å². The molecule has 0 heterocycles. The zero-order valence-corrected chi connectivity index (χ0v) is 47.2. The maximum atomic E-state index is 10.6. The summed E-state index contributed by atoms with van der Waals surface area (Å²) in [5.74, 6) is 0. The lowest BCUT2D eigenvalue weighted by molar-refractivity contribution is -0.340. The summed E-state index contributed by atoms with van der Waals surface area (Å²) in [5.41, 5.74) is 17.3. The molecule has 67 heavy (non-hydrogen) atoms. The molecular weight excluding hydrogens is 844 g/mol. The average Bonchev–Trinajstić information content (AvgIpc) is 3.20. The van der Waals surface area contributed by atoms with E-state index in [9.17, 15) is 14.4 Å². The van der Waals surface area contributed by atoms with Gasteiger partial charge in [0, 0.05) is 0 Å². The molecule has 0 spiro atoms. The molecule has 0 amide bonds. The zero-order chi connectivity index (χ0) is 48.9. The van der Waals surface area contributed by atoms with Gasteiger partial charge in [-0.1, -0.05) is 140 Å². The lowest BCUT2D eigenvalue weighted by Gasteiger charge is -2.27. The number of rotatable bonds is 36. The summed E-state index contributed by atoms with van der Waals surface area (Å²) in [6.07, 6.45) is 52.6. The predicted molar refractivity (Wildman–Crippen MR) is 298 cm³/mol. The molecule has 0 saturated heterocycles. The Morgan fingerprint density at radius 1 is 0.299 bits per heavy atom. The van der Waals surface area contributed by atoms with Gasteiger partial charge >= 0.3 is 0 Å². The minimum Gasteiger partial charge on any atom is -0.790 e. The Morgan fingerprint density at radius 3 is 0.597 bits per heavy atom. The maximum absolute atomic E-state index is 10.6. The van der Waals surface area contributed by atoms with Gasteiger partial charge in [0.1, 0.15) is 0 Å². The first kappa shape index (κ1) is 68.2. The van der Waals surface area contributed by atoms with Crippen LogP contribution in [0.4, 0.5) is 0 Å². The topological polar surface area (TPSA) is 145 Å². The van der Waals surface area contributed by atoms with Gasteiger partial charge in [0.05, 0.1) is 14.4 Å². The Kier molecular flexibility index (Phi) is 43.7. The highest BCUT2D eigenvalue weighted by Crippen LogP contribution is 2.24. The Labute approximate surface area is 415 Å². The van der Waals surface area contributed by atoms with Crippen LogP contribution >= 0.6 is 7.82 Å². The van der Waals surface area contributed by atoms with Crippen LogP contribution in [0.5, 0.6) is 0 Å². The van der Waals surface area contributed by atoms with Crippen molar-refractivity contribution in [3.05, 3.63) is 140 Å². The van der Waals surface area contributed by atoms with Gasteiger partial charge in [-0.2, -0.15) is 0 Å². The van der Waals surface area contributed by atoms with Gasteiger partial charge in [0.2, 0.25) is 0 Å². The minimum atomic E-state index is -4.90. The van der Waals surface area contributed by atoms with Crippen LogP contribution in [0.1, 0.15) is 231 Å². The average molecular weight is 949 g/mol. The van der Waals surface area contributed by atoms with Crippen molar-refractivity contribution in [1.29, 1.82) is 0 Å². The van der Waals surface area contributed by atoms with E-state index in [0.29, 0.717) is 0 Å². The first-order valence-corrected chi connectivity index (χ1v) is 26.7. The lowest BCUT2D eigenvalue weighted by Crippen LogP contribution is -2.16. The quantitative estimate of drug-likeness (QED) is 0.0476. The number of phosphoric acid groups is 1. The molecule has 0 atom stereocenters. The fourth-order valence-electron chi connectivity index (χ4n) is 7.44. The molecule has 6 nitrogen and oxygen atoms in total. The third-order valence-corrected chi connectivity index (χ3v) is 12.5. The van der Waals surface area contributed by atoms with Crippen LogP contribution in [-0.2, 0) is 9.09 Å². The fourth-order valence-corrected chi connectivity index (χ4v) is 7.70. The van der Waals surface area contributed by atoms with E-state index in [0.717, 1.165) is 128 Å². The third-order valence-electron chi connectivity index (χ3n) is 12.1. The number of quaternary nitrogens is 2. The predicted octanol–water partition coefficient (Wildman–Crippen LogP) is 19.5. The number of hydrogen-bond acceptors (Lipinski definition) is 4. The van der Waals surface area contributed by atoms with Crippen molar-refractivity contribution in [3.8, 4) is 0 Å². The van der Waals surface area contributed by atoms with Gasteiger partial charge in [0.25, 0.3) is 0 Å². The molecule has 8 N–H and O–H groups in total. The van der Waals surface area contributed by atoms with E-state index >= 15 is 0 Å². The molecule has 0 aliphatic carbocycles. The SMILES string of the molecule is CC(C)=CCC/C(C)=C/CC/C(C)=C/CC/C(C)=C/CC/C(C)=C/CC/C(C)=C/CC/C(C)=C/CC/C(C)=C/CC/C(C)=C/CC/C(C)=C/CC/C(C)=C/CC/C(C)=C/COP(=O)([O-])[O-].[NH4+].[NH4+]. The number of hydrogen-bond donors (Lipinski definition) is 2. The van der Waals surface area contributed by atoms with Crippen LogP contribution in [0.2, 0.25) is 0 Å². The second kappa shape index (κ2) is 43.0. The summed E-state index contributed by atoms with van der Waals surface area (Å²) >= 11 is 0. The highest BCUT2D eigenvalue weighted by Gasteiger charge is 1.99. The van der Waals surface area contributed by atoms with E-state index in [1.165, 1.54) is 80.6 Å². The highest BCUT2D eigenvalue weighted by molar-refractivity contribution is 7.43. The molecule has 0 radical (unpaired) electrons. The lowest BCUT2D eigenvalue weighted by atomic mass is 10.0. The van der Waals surface area contributed by atoms with Gasteiger partial charge in [-0.3, -0.25) is 0 Å². The van der Waals surface area contributed by atoms with Crippen LogP contribution in [-0.4, -0.2) is 6.61 Å². The van der Waals surface area contributed by atoms with Gasteiger partial charge in [-0.05, 0) is 231 Å². The summed E-state index contributed by atoms with van der Waals surface area (Å²) in [5, 5.41) is 0. The summed E-state index contributed by atoms with van der Waals surface area (Å²) in [6, 6.07) is 0. The van der Waals surface area contributed by atoms with Crippen molar-refractivity contribution < 1.29 is 18.9 Å². The summed E-state index contributed by atoms with van der Waals surface area (Å²) < 4.78 is 14.8. The molecule has 0 rings (SSSR count). The summed E-state index contributed by atoms with van der Waals surface area (Å²) in [4.78, 5) is 21.1. The molecule has 0 unspecified atom stereocenters. The fraction of sp³-hybridized carbons (Fsp3) is 0.600. The smallest absolute Gasteiger partial charge is 0.0702 e. The molecule has 0 aliphatic rings. The van der Waals surface area contributed by atoms with Crippen molar-refractivity contribution in [2.24, 2.45) is 0 Å². The minimum absolute atomic E-state index is 0. The molecule has 0 aliphatic heterocycles. The maximum Gasteiger partial charge on any atom is 0.0702 e. The largest absolute Gasteiger partial charge is 0.790 e. The van der Waals surface area contributed by atoms with E-state index in [2.05, 4.69) is 154 Å². The summed E-state index contributed by atoms with van der Waals surface area (Å²) in [6.45, 7) is 28.8. The van der Waals surface area contributed by atoms with Crippen molar-refractivity contribution in [1.82, 2.24) is 12.3 Å². The molecule has 0 aromatic rings. The van der Waals surface area contributed by atoms with Gasteiger partial charge in [-0.25, -0.2) is 0 Å². The Morgan fingerprint density at radius 2 is 0.448 bits per heavy atom. The van der Waals surface area contributed by atoms with Crippen molar-refractivity contribution in [2.75, 3.05) is 6.61 Å². The molecular formula is C60H105N2O4P. The Bertz CT molecular complexity index is 1780. The Balaban J connectivity index is -0.0000205. The molecule has 0 bridgehead atoms. The molecule has 384 valence electrons. The van der Waals surface area contributed by atoms with Crippen LogP contribution < -0.4 is 22.1 Å². The van der Waals surface area contributed by atoms with Gasteiger partial charge in [-0.15, -0.1) is 0 Å².